The molecule has 0 N–H and O–H groups in total. The highest BCUT2D eigenvalue weighted by molar-refractivity contribution is 6.31. The van der Waals surface area contributed by atoms with E-state index in [9.17, 15) is 9.90 Å². The summed E-state index contributed by atoms with van der Waals surface area (Å²) < 4.78 is 2.21. The molecule has 0 bridgehead atoms. The van der Waals surface area contributed by atoms with Crippen LogP contribution in [-0.2, 0) is 15.6 Å². The molecular formula is C32H34Cl2N2O2. The molecule has 2 heterocycles. The summed E-state index contributed by atoms with van der Waals surface area (Å²) in [5.41, 5.74) is 5.81. The maximum Gasteiger partial charge on any atom is 0.210 e. The van der Waals surface area contributed by atoms with E-state index < -0.39 is 10.8 Å². The molecular weight excluding hydrogens is 515 g/mol. The van der Waals surface area contributed by atoms with Gasteiger partial charge in [-0.2, -0.15) is 4.58 Å². The minimum absolute atomic E-state index is 0.142. The molecule has 2 aromatic rings. The van der Waals surface area contributed by atoms with Gasteiger partial charge in [0, 0.05) is 61.7 Å². The van der Waals surface area contributed by atoms with Crippen molar-refractivity contribution in [1.29, 1.82) is 0 Å². The van der Waals surface area contributed by atoms with Gasteiger partial charge in [-0.25, -0.2) is 0 Å². The summed E-state index contributed by atoms with van der Waals surface area (Å²) in [6.45, 7) is 16.9. The van der Waals surface area contributed by atoms with Gasteiger partial charge in [0.15, 0.2) is 17.5 Å². The van der Waals surface area contributed by atoms with E-state index in [1.165, 1.54) is 0 Å². The van der Waals surface area contributed by atoms with Crippen molar-refractivity contribution in [3.63, 3.8) is 0 Å². The van der Waals surface area contributed by atoms with Crippen molar-refractivity contribution in [2.24, 2.45) is 0 Å². The number of fused-ring (bicyclic) bond motifs is 2. The lowest BCUT2D eigenvalue weighted by Crippen LogP contribution is -2.36. The first-order chi connectivity index (χ1) is 17.7. The van der Waals surface area contributed by atoms with Crippen LogP contribution >= 0.6 is 23.2 Å². The van der Waals surface area contributed by atoms with Gasteiger partial charge in [-0.15, -0.1) is 0 Å². The van der Waals surface area contributed by atoms with Crippen molar-refractivity contribution < 1.29 is 14.5 Å². The number of nitrogens with zero attached hydrogens (tertiary/aromatic N) is 2. The number of anilines is 1. The summed E-state index contributed by atoms with van der Waals surface area (Å²) in [4.78, 5) is 15.7. The summed E-state index contributed by atoms with van der Waals surface area (Å²) in [6.07, 6.45) is 3.60. The van der Waals surface area contributed by atoms with Gasteiger partial charge in [-0.3, -0.25) is 4.79 Å². The van der Waals surface area contributed by atoms with Crippen LogP contribution in [0.4, 0.5) is 11.4 Å². The zero-order chi connectivity index (χ0) is 27.9. The van der Waals surface area contributed by atoms with E-state index >= 15 is 0 Å². The van der Waals surface area contributed by atoms with E-state index in [0.29, 0.717) is 10.0 Å². The quantitative estimate of drug-likeness (QED) is 0.305. The normalized spacial score (nSPS) is 21.8. The second kappa shape index (κ2) is 8.86. The van der Waals surface area contributed by atoms with Crippen LogP contribution < -0.4 is 10.0 Å². The smallest absolute Gasteiger partial charge is 0.210 e. The Kier molecular flexibility index (Phi) is 6.24. The Labute approximate surface area is 235 Å². The molecule has 0 spiro atoms. The number of hydrogen-bond acceptors (Lipinski definition) is 3. The van der Waals surface area contributed by atoms with E-state index in [2.05, 4.69) is 64.9 Å². The molecule has 0 saturated heterocycles. The molecule has 0 aromatic heterocycles. The van der Waals surface area contributed by atoms with Crippen LogP contribution in [0.15, 0.2) is 71.2 Å². The molecule has 2 aromatic carbocycles. The van der Waals surface area contributed by atoms with Gasteiger partial charge < -0.3 is 10.0 Å². The van der Waals surface area contributed by atoms with Crippen molar-refractivity contribution in [3.05, 3.63) is 92.3 Å². The van der Waals surface area contributed by atoms with Crippen molar-refractivity contribution in [2.45, 2.75) is 78.3 Å². The highest BCUT2D eigenvalue weighted by Gasteiger charge is 2.47. The number of halogens is 2. The molecule has 0 atom stereocenters. The van der Waals surface area contributed by atoms with Crippen molar-refractivity contribution in [3.8, 4) is 0 Å². The van der Waals surface area contributed by atoms with Crippen molar-refractivity contribution in [1.82, 2.24) is 0 Å². The van der Waals surface area contributed by atoms with E-state index in [0.717, 1.165) is 33.9 Å². The van der Waals surface area contributed by atoms with Gasteiger partial charge in [0.05, 0.1) is 5.41 Å². The molecule has 38 heavy (non-hydrogen) atoms. The molecule has 0 fully saturated rings. The zero-order valence-electron chi connectivity index (χ0n) is 23.2. The van der Waals surface area contributed by atoms with E-state index in [1.54, 1.807) is 12.2 Å². The Bertz CT molecular complexity index is 1520. The number of allylic oxidation sites excluding steroid dienone is 5. The number of carbonyl (C=O) groups is 1. The van der Waals surface area contributed by atoms with Crippen LogP contribution in [0, 0.1) is 0 Å². The maximum absolute atomic E-state index is 13.5. The van der Waals surface area contributed by atoms with Crippen molar-refractivity contribution >= 4 is 46.1 Å². The number of carbonyl (C=O) groups excluding carboxylic acids is 1. The number of benzene rings is 2. The third-order valence-corrected chi connectivity index (χ3v) is 8.63. The Morgan fingerprint density at radius 2 is 1.50 bits per heavy atom. The summed E-state index contributed by atoms with van der Waals surface area (Å²) >= 11 is 12.7. The lowest BCUT2D eigenvalue weighted by Gasteiger charge is -2.34. The highest BCUT2D eigenvalue weighted by Crippen LogP contribution is 2.50. The molecule has 0 saturated carbocycles. The number of rotatable bonds is 4. The first-order valence-corrected chi connectivity index (χ1v) is 13.9. The fourth-order valence-corrected chi connectivity index (χ4v) is 6.50. The Hall–Kier alpha value is -2.82. The predicted octanol–water partition coefficient (Wildman–Crippen LogP) is 6.99. The van der Waals surface area contributed by atoms with Gasteiger partial charge in [0.1, 0.15) is 0 Å². The fraction of sp³-hybridized carbons (Fsp3) is 0.375. The SMILES string of the molecule is CC(C)N1/C(=C\C2=C([O-])C(=C\C3=[N+](C(C)C)c4ccc(Cl)cc4C3(C)C)/C2=O)C(C)(C)c2cc(Cl)ccc21. The fourth-order valence-electron chi connectivity index (χ4n) is 6.16. The highest BCUT2D eigenvalue weighted by atomic mass is 35.5. The van der Waals surface area contributed by atoms with E-state index in [-0.39, 0.29) is 34.8 Å². The number of Topliss-reactive ketones (excluding diaryl/α,β-unsaturated/α-hetero) is 1. The third-order valence-electron chi connectivity index (χ3n) is 8.16. The molecule has 1 aliphatic carbocycles. The summed E-state index contributed by atoms with van der Waals surface area (Å²) in [7, 11) is 0. The molecule has 0 amide bonds. The standard InChI is InChI=1S/C32H34Cl2N2O2/c1-17(2)35-25-11-9-19(33)13-23(25)31(5,6)27(35)15-21-29(37)22(30(21)38)16-28-32(7,8)24-14-20(34)10-12-26(24)36(28)18(3)4/h9-18H,1-8H3. The van der Waals surface area contributed by atoms with Gasteiger partial charge >= 0.3 is 0 Å². The van der Waals surface area contributed by atoms with Crippen LogP contribution in [-0.4, -0.2) is 28.2 Å². The van der Waals surface area contributed by atoms with Gasteiger partial charge in [-0.1, -0.05) is 42.8 Å². The summed E-state index contributed by atoms with van der Waals surface area (Å²) in [6, 6.07) is 12.1. The number of hydrogen-bond donors (Lipinski definition) is 0. The second-order valence-electron chi connectivity index (χ2n) is 12.0. The largest absolute Gasteiger partial charge is 0.871 e. The molecule has 0 radical (unpaired) electrons. The van der Waals surface area contributed by atoms with Crippen molar-refractivity contribution in [2.75, 3.05) is 4.90 Å². The van der Waals surface area contributed by atoms with E-state index in [1.807, 2.05) is 36.4 Å². The van der Waals surface area contributed by atoms with Crippen LogP contribution in [0.1, 0.15) is 66.5 Å². The van der Waals surface area contributed by atoms with Crippen LogP contribution in [0.25, 0.3) is 0 Å². The molecule has 198 valence electrons. The molecule has 0 unspecified atom stereocenters. The lowest BCUT2D eigenvalue weighted by molar-refractivity contribution is -0.472. The molecule has 2 aliphatic heterocycles. The summed E-state index contributed by atoms with van der Waals surface area (Å²) in [5.74, 6) is -0.422. The third kappa shape index (κ3) is 3.79. The van der Waals surface area contributed by atoms with Gasteiger partial charge in [0.25, 0.3) is 0 Å². The molecule has 5 rings (SSSR count). The minimum atomic E-state index is -0.408. The molecule has 3 aliphatic rings. The summed E-state index contributed by atoms with van der Waals surface area (Å²) in [5, 5.41) is 14.9. The predicted molar refractivity (Wildman–Crippen MR) is 155 cm³/mol. The first-order valence-electron chi connectivity index (χ1n) is 13.1. The van der Waals surface area contributed by atoms with Crippen LogP contribution in [0.3, 0.4) is 0 Å². The average molecular weight is 550 g/mol. The Morgan fingerprint density at radius 1 is 0.895 bits per heavy atom. The molecule has 6 heteroatoms. The zero-order valence-corrected chi connectivity index (χ0v) is 24.8. The monoisotopic (exact) mass is 548 g/mol. The van der Waals surface area contributed by atoms with Crippen LogP contribution in [0.2, 0.25) is 10.0 Å². The minimum Gasteiger partial charge on any atom is -0.871 e. The first kappa shape index (κ1) is 26.8. The Balaban J connectivity index is 1.62. The van der Waals surface area contributed by atoms with Crippen LogP contribution in [0.5, 0.6) is 0 Å². The topological polar surface area (TPSA) is 46.4 Å². The van der Waals surface area contributed by atoms with Gasteiger partial charge in [-0.05, 0) is 83.5 Å². The van der Waals surface area contributed by atoms with Gasteiger partial charge in [0.2, 0.25) is 5.69 Å². The Morgan fingerprint density at radius 3 is 2.08 bits per heavy atom. The maximum atomic E-state index is 13.5. The average Bonchev–Trinajstić information content (AvgIpc) is 3.19. The number of ketones is 1. The molecule has 4 nitrogen and oxygen atoms in total. The lowest BCUT2D eigenvalue weighted by atomic mass is 9.77. The van der Waals surface area contributed by atoms with E-state index in [4.69, 9.17) is 23.2 Å². The second-order valence-corrected chi connectivity index (χ2v) is 12.9.